The van der Waals surface area contributed by atoms with Crippen LogP contribution in [0.15, 0.2) is 4.52 Å². The van der Waals surface area contributed by atoms with Gasteiger partial charge in [-0.1, -0.05) is 5.16 Å². The number of halogens is 1. The first-order valence-corrected chi connectivity index (χ1v) is 5.06. The molecule has 1 fully saturated rings. The average Bonchev–Trinajstić information content (AvgIpc) is 2.87. The fourth-order valence-electron chi connectivity index (χ4n) is 1.87. The number of hydrogen-bond donors (Lipinski definition) is 0. The number of rotatable bonds is 1. The molecule has 1 aromatic heterocycles. The molecule has 3 nitrogen and oxygen atoms in total. The van der Waals surface area contributed by atoms with E-state index in [2.05, 4.69) is 5.16 Å². The van der Waals surface area contributed by atoms with Gasteiger partial charge in [-0.15, -0.1) is 0 Å². The number of hydrogen-bond acceptors (Lipinski definition) is 3. The molecular formula is C9H11ClN2O. The summed E-state index contributed by atoms with van der Waals surface area (Å²) in [6.45, 7) is 1.68. The normalized spacial score (nSPS) is 23.2. The van der Waals surface area contributed by atoms with E-state index in [0.29, 0.717) is 5.92 Å². The highest BCUT2D eigenvalue weighted by atomic mass is 35.5. The number of nitrogens with zero attached hydrogens (tertiary/aromatic N) is 2. The van der Waals surface area contributed by atoms with E-state index in [1.165, 1.54) is 18.4 Å². The van der Waals surface area contributed by atoms with Gasteiger partial charge in [0.1, 0.15) is 5.76 Å². The van der Waals surface area contributed by atoms with Gasteiger partial charge in [0, 0.05) is 31.0 Å². The van der Waals surface area contributed by atoms with Gasteiger partial charge in [-0.25, -0.2) is 4.42 Å². The van der Waals surface area contributed by atoms with Crippen molar-refractivity contribution >= 4 is 11.8 Å². The first-order valence-electron chi connectivity index (χ1n) is 4.72. The Morgan fingerprint density at radius 1 is 1.46 bits per heavy atom. The molecule has 0 unspecified atom stereocenters. The molecule has 0 N–H and O–H groups in total. The Morgan fingerprint density at radius 3 is 3.08 bits per heavy atom. The summed E-state index contributed by atoms with van der Waals surface area (Å²) in [7, 11) is 0. The lowest BCUT2D eigenvalue weighted by Gasteiger charge is -2.18. The van der Waals surface area contributed by atoms with Crippen LogP contribution in [-0.4, -0.2) is 16.1 Å². The maximum Gasteiger partial charge on any atom is 0.144 e. The number of aromatic nitrogens is 1. The summed E-state index contributed by atoms with van der Waals surface area (Å²) < 4.78 is 7.17. The smallest absolute Gasteiger partial charge is 0.144 e. The molecule has 1 saturated carbocycles. The third-order valence-corrected chi connectivity index (χ3v) is 3.06. The summed E-state index contributed by atoms with van der Waals surface area (Å²) in [5.41, 5.74) is 2.38. The Morgan fingerprint density at radius 2 is 2.31 bits per heavy atom. The molecule has 1 aliphatic carbocycles. The summed E-state index contributed by atoms with van der Waals surface area (Å²) in [5.74, 6) is 1.74. The fraction of sp³-hybridized carbons (Fsp3) is 0.667. The van der Waals surface area contributed by atoms with Crippen molar-refractivity contribution in [3.05, 3.63) is 17.0 Å². The van der Waals surface area contributed by atoms with Crippen molar-refractivity contribution in [1.29, 1.82) is 0 Å². The van der Waals surface area contributed by atoms with Crippen molar-refractivity contribution in [3.8, 4) is 0 Å². The molecule has 1 aliphatic heterocycles. The summed E-state index contributed by atoms with van der Waals surface area (Å²) in [6, 6.07) is 0. The maximum absolute atomic E-state index is 5.96. The topological polar surface area (TPSA) is 29.3 Å². The SMILES string of the molecule is ClN1CCc2noc(C3CC3)c2C1. The quantitative estimate of drug-likeness (QED) is 0.647. The standard InChI is InChI=1S/C9H11ClN2O/c10-12-4-3-8-7(5-12)9(13-11-8)6-1-2-6/h6H,1-5H2. The molecule has 0 atom stereocenters. The minimum absolute atomic E-state index is 0.638. The van der Waals surface area contributed by atoms with E-state index in [4.69, 9.17) is 16.3 Å². The Labute approximate surface area is 81.7 Å². The third kappa shape index (κ3) is 1.27. The van der Waals surface area contributed by atoms with Crippen LogP contribution < -0.4 is 0 Å². The summed E-state index contributed by atoms with van der Waals surface area (Å²) in [5, 5.41) is 4.09. The Bertz CT molecular complexity index is 332. The van der Waals surface area contributed by atoms with E-state index in [1.54, 1.807) is 0 Å². The molecule has 3 rings (SSSR count). The van der Waals surface area contributed by atoms with Crippen LogP contribution in [0.4, 0.5) is 0 Å². The predicted octanol–water partition coefficient (Wildman–Crippen LogP) is 2.06. The second-order valence-electron chi connectivity index (χ2n) is 3.84. The van der Waals surface area contributed by atoms with E-state index in [1.807, 2.05) is 4.42 Å². The molecule has 1 aromatic rings. The minimum atomic E-state index is 0.638. The van der Waals surface area contributed by atoms with Crippen LogP contribution in [0, 0.1) is 0 Å². The molecule has 0 aromatic carbocycles. The van der Waals surface area contributed by atoms with Crippen LogP contribution >= 0.6 is 11.8 Å². The zero-order chi connectivity index (χ0) is 8.84. The maximum atomic E-state index is 5.96. The van der Waals surface area contributed by atoms with Crippen molar-refractivity contribution in [2.24, 2.45) is 0 Å². The molecule has 70 valence electrons. The molecule has 2 heterocycles. The highest BCUT2D eigenvalue weighted by Gasteiger charge is 2.33. The molecule has 0 radical (unpaired) electrons. The zero-order valence-corrected chi connectivity index (χ0v) is 8.05. The van der Waals surface area contributed by atoms with E-state index < -0.39 is 0 Å². The van der Waals surface area contributed by atoms with Crippen LogP contribution in [0.25, 0.3) is 0 Å². The van der Waals surface area contributed by atoms with Crippen LogP contribution in [0.1, 0.15) is 35.8 Å². The lowest BCUT2D eigenvalue weighted by molar-refractivity contribution is 0.378. The van der Waals surface area contributed by atoms with Crippen LogP contribution in [-0.2, 0) is 13.0 Å². The van der Waals surface area contributed by atoms with Gasteiger partial charge < -0.3 is 4.52 Å². The second kappa shape index (κ2) is 2.72. The molecule has 0 bridgehead atoms. The molecule has 2 aliphatic rings. The molecule has 0 spiro atoms. The monoisotopic (exact) mass is 198 g/mol. The summed E-state index contributed by atoms with van der Waals surface area (Å²) in [6.07, 6.45) is 3.43. The van der Waals surface area contributed by atoms with Gasteiger partial charge >= 0.3 is 0 Å². The largest absolute Gasteiger partial charge is 0.360 e. The summed E-state index contributed by atoms with van der Waals surface area (Å²) in [4.78, 5) is 0. The molecule has 4 heteroatoms. The van der Waals surface area contributed by atoms with Crippen molar-refractivity contribution in [1.82, 2.24) is 9.58 Å². The van der Waals surface area contributed by atoms with Gasteiger partial charge in [-0.05, 0) is 24.6 Å². The predicted molar refractivity (Wildman–Crippen MR) is 48.4 cm³/mol. The van der Waals surface area contributed by atoms with Gasteiger partial charge in [0.2, 0.25) is 0 Å². The highest BCUT2D eigenvalue weighted by Crippen LogP contribution is 2.43. The third-order valence-electron chi connectivity index (χ3n) is 2.77. The highest BCUT2D eigenvalue weighted by molar-refractivity contribution is 6.13. The van der Waals surface area contributed by atoms with E-state index in [0.717, 1.165) is 31.0 Å². The Kier molecular flexibility index (Phi) is 1.64. The van der Waals surface area contributed by atoms with Crippen molar-refractivity contribution in [2.45, 2.75) is 31.7 Å². The number of fused-ring (bicyclic) bond motifs is 1. The Hall–Kier alpha value is -0.540. The Balaban J connectivity index is 1.99. The fourth-order valence-corrected chi connectivity index (χ4v) is 2.07. The van der Waals surface area contributed by atoms with Gasteiger partial charge in [-0.3, -0.25) is 0 Å². The van der Waals surface area contributed by atoms with Crippen LogP contribution in [0.2, 0.25) is 0 Å². The molecule has 0 amide bonds. The van der Waals surface area contributed by atoms with Gasteiger partial charge in [0.05, 0.1) is 5.69 Å². The molecule has 13 heavy (non-hydrogen) atoms. The first kappa shape index (κ1) is 7.83. The minimum Gasteiger partial charge on any atom is -0.360 e. The average molecular weight is 199 g/mol. The van der Waals surface area contributed by atoms with Gasteiger partial charge in [-0.2, -0.15) is 0 Å². The van der Waals surface area contributed by atoms with Gasteiger partial charge in [0.15, 0.2) is 0 Å². The van der Waals surface area contributed by atoms with Crippen LogP contribution in [0.3, 0.4) is 0 Å². The zero-order valence-electron chi connectivity index (χ0n) is 7.29. The van der Waals surface area contributed by atoms with Gasteiger partial charge in [0.25, 0.3) is 0 Å². The second-order valence-corrected chi connectivity index (χ2v) is 4.32. The molecule has 0 saturated heterocycles. The van der Waals surface area contributed by atoms with E-state index in [9.17, 15) is 0 Å². The van der Waals surface area contributed by atoms with Crippen LogP contribution in [0.5, 0.6) is 0 Å². The lowest BCUT2D eigenvalue weighted by atomic mass is 10.1. The van der Waals surface area contributed by atoms with Crippen molar-refractivity contribution in [3.63, 3.8) is 0 Å². The lowest BCUT2D eigenvalue weighted by Crippen LogP contribution is -2.22. The molecular weight excluding hydrogens is 188 g/mol. The summed E-state index contributed by atoms with van der Waals surface area (Å²) >= 11 is 5.96. The first-order chi connectivity index (χ1) is 6.34. The van der Waals surface area contributed by atoms with E-state index >= 15 is 0 Å². The van der Waals surface area contributed by atoms with E-state index in [-0.39, 0.29) is 0 Å². The van der Waals surface area contributed by atoms with Crippen molar-refractivity contribution in [2.75, 3.05) is 6.54 Å². The van der Waals surface area contributed by atoms with Crippen molar-refractivity contribution < 1.29 is 4.52 Å².